The Labute approximate surface area is 203 Å². The molecular weight excluding hydrogens is 514 g/mol. The van der Waals surface area contributed by atoms with Gasteiger partial charge in [-0.1, -0.05) is 23.7 Å². The smallest absolute Gasteiger partial charge is 0.418 e. The number of rotatable bonds is 4. The van der Waals surface area contributed by atoms with E-state index in [1.54, 1.807) is 0 Å². The Hall–Kier alpha value is -3.99. The molecule has 0 spiro atoms. The number of methoxy groups -OCH3 is 1. The van der Waals surface area contributed by atoms with E-state index < -0.39 is 46.6 Å². The van der Waals surface area contributed by atoms with Crippen molar-refractivity contribution in [3.8, 4) is 11.3 Å². The van der Waals surface area contributed by atoms with Crippen molar-refractivity contribution in [2.75, 3.05) is 12.4 Å². The largest absolute Gasteiger partial charge is 0.465 e. The van der Waals surface area contributed by atoms with Gasteiger partial charge in [-0.25, -0.2) is 18.0 Å². The summed E-state index contributed by atoms with van der Waals surface area (Å²) in [6.45, 7) is 0. The van der Waals surface area contributed by atoms with Gasteiger partial charge in [-0.3, -0.25) is 9.20 Å². The number of ether oxygens (including phenoxy) is 1. The molecule has 0 aliphatic heterocycles. The summed E-state index contributed by atoms with van der Waals surface area (Å²) in [6, 6.07) is 8.77. The monoisotopic (exact) mass is 526 g/mol. The molecule has 186 valence electrons. The predicted molar refractivity (Wildman–Crippen MR) is 118 cm³/mol. The number of anilines is 1. The van der Waals surface area contributed by atoms with Gasteiger partial charge in [0.1, 0.15) is 11.0 Å². The Morgan fingerprint density at radius 3 is 2.17 bits per heavy atom. The van der Waals surface area contributed by atoms with E-state index in [0.29, 0.717) is 6.07 Å². The summed E-state index contributed by atoms with van der Waals surface area (Å²) in [5.41, 5.74) is -2.10. The van der Waals surface area contributed by atoms with Crippen molar-refractivity contribution in [1.29, 1.82) is 0 Å². The quantitative estimate of drug-likeness (QED) is 0.139. The van der Waals surface area contributed by atoms with Gasteiger partial charge in [0, 0.05) is 17.3 Å². The zero-order chi connectivity index (χ0) is 26.4. The van der Waals surface area contributed by atoms with E-state index in [4.69, 9.17) is 11.6 Å². The SMILES string of the molecule is COC(=O)c1cc(Cl)n2c(-c3ccc(NC(=O)c4cc(F)c(F)cc4F)cc3)c(C(F)(F)F)cc2c1. The van der Waals surface area contributed by atoms with Gasteiger partial charge in [-0.2, -0.15) is 13.2 Å². The molecule has 5 nitrogen and oxygen atoms in total. The Balaban J connectivity index is 1.74. The van der Waals surface area contributed by atoms with Crippen molar-refractivity contribution in [2.45, 2.75) is 6.18 Å². The third-order valence-corrected chi connectivity index (χ3v) is 5.50. The molecule has 1 N–H and O–H groups in total. The fraction of sp³-hybridized carbons (Fsp3) is 0.0833. The highest BCUT2D eigenvalue weighted by Gasteiger charge is 2.37. The topological polar surface area (TPSA) is 59.8 Å². The number of benzene rings is 2. The highest BCUT2D eigenvalue weighted by atomic mass is 35.5. The summed E-state index contributed by atoms with van der Waals surface area (Å²) in [4.78, 5) is 24.1. The molecule has 0 aliphatic rings. The number of alkyl halides is 3. The fourth-order valence-corrected chi connectivity index (χ4v) is 3.90. The van der Waals surface area contributed by atoms with Crippen LogP contribution in [0.2, 0.25) is 5.15 Å². The van der Waals surface area contributed by atoms with Crippen LogP contribution in [0.15, 0.2) is 54.6 Å². The van der Waals surface area contributed by atoms with E-state index in [1.165, 1.54) is 30.3 Å². The predicted octanol–water partition coefficient (Wildman–Crippen LogP) is 6.73. The number of hydrogen-bond acceptors (Lipinski definition) is 3. The second-order valence-electron chi connectivity index (χ2n) is 7.50. The number of hydrogen-bond donors (Lipinski definition) is 1. The number of aromatic nitrogens is 1. The second-order valence-corrected chi connectivity index (χ2v) is 7.89. The third-order valence-electron chi connectivity index (χ3n) is 5.22. The average molecular weight is 527 g/mol. The maximum atomic E-state index is 13.9. The molecule has 0 fully saturated rings. The molecule has 1 amide bonds. The van der Waals surface area contributed by atoms with Crippen LogP contribution in [-0.4, -0.2) is 23.4 Å². The van der Waals surface area contributed by atoms with E-state index in [9.17, 15) is 35.9 Å². The standard InChI is InChI=1S/C24H13ClF6N2O3/c1-36-23(35)12-6-14-8-16(24(29,30)31)21(33(14)20(25)7-12)11-2-4-13(5-3-11)32-22(34)15-9-18(27)19(28)10-17(15)26/h2-10H,1H3,(H,32,34). The van der Waals surface area contributed by atoms with Crippen LogP contribution in [0.5, 0.6) is 0 Å². The average Bonchev–Trinajstić information content (AvgIpc) is 3.22. The van der Waals surface area contributed by atoms with Crippen LogP contribution in [0.25, 0.3) is 16.8 Å². The van der Waals surface area contributed by atoms with Gasteiger partial charge >= 0.3 is 12.1 Å². The summed E-state index contributed by atoms with van der Waals surface area (Å²) in [7, 11) is 1.12. The Morgan fingerprint density at radius 2 is 1.56 bits per heavy atom. The van der Waals surface area contributed by atoms with E-state index >= 15 is 0 Å². The molecule has 2 aromatic heterocycles. The van der Waals surface area contributed by atoms with Crippen molar-refractivity contribution in [1.82, 2.24) is 4.40 Å². The van der Waals surface area contributed by atoms with Gasteiger partial charge in [0.25, 0.3) is 5.91 Å². The first kappa shape index (κ1) is 25.1. The van der Waals surface area contributed by atoms with Crippen LogP contribution < -0.4 is 5.32 Å². The fourth-order valence-electron chi connectivity index (χ4n) is 3.60. The molecule has 0 aliphatic carbocycles. The van der Waals surface area contributed by atoms with Crippen molar-refractivity contribution in [3.63, 3.8) is 0 Å². The lowest BCUT2D eigenvalue weighted by atomic mass is 10.1. The van der Waals surface area contributed by atoms with Crippen LogP contribution in [0.4, 0.5) is 32.0 Å². The Bertz CT molecular complexity index is 1510. The summed E-state index contributed by atoms with van der Waals surface area (Å²) in [6.07, 6.45) is -4.78. The van der Waals surface area contributed by atoms with Crippen molar-refractivity contribution >= 4 is 34.7 Å². The highest BCUT2D eigenvalue weighted by Crippen LogP contribution is 2.41. The number of nitrogens with one attached hydrogen (secondary N) is 1. The summed E-state index contributed by atoms with van der Waals surface area (Å²) < 4.78 is 87.7. The zero-order valence-corrected chi connectivity index (χ0v) is 18.8. The molecule has 0 unspecified atom stereocenters. The van der Waals surface area contributed by atoms with Crippen molar-refractivity contribution in [2.24, 2.45) is 0 Å². The van der Waals surface area contributed by atoms with Gasteiger partial charge in [-0.05, 0) is 42.0 Å². The van der Waals surface area contributed by atoms with Gasteiger partial charge < -0.3 is 10.1 Å². The minimum atomic E-state index is -4.78. The van der Waals surface area contributed by atoms with Crippen LogP contribution >= 0.6 is 11.6 Å². The van der Waals surface area contributed by atoms with E-state index in [-0.39, 0.29) is 39.2 Å². The Kier molecular flexibility index (Phi) is 6.44. The molecule has 36 heavy (non-hydrogen) atoms. The van der Waals surface area contributed by atoms with Crippen LogP contribution in [-0.2, 0) is 10.9 Å². The van der Waals surface area contributed by atoms with E-state index in [0.717, 1.165) is 23.6 Å². The molecular formula is C24H13ClF6N2O3. The molecule has 12 heteroatoms. The van der Waals surface area contributed by atoms with Crippen LogP contribution in [0.3, 0.4) is 0 Å². The summed E-state index contributed by atoms with van der Waals surface area (Å²) >= 11 is 6.23. The molecule has 0 bridgehead atoms. The lowest BCUT2D eigenvalue weighted by Crippen LogP contribution is -2.14. The van der Waals surface area contributed by atoms with Crippen molar-refractivity contribution < 1.29 is 40.7 Å². The second kappa shape index (κ2) is 9.23. The summed E-state index contributed by atoms with van der Waals surface area (Å²) in [5, 5.41) is 2.07. The maximum Gasteiger partial charge on any atom is 0.418 e. The molecule has 4 aromatic rings. The number of carbonyl (C=O) groups is 2. The minimum absolute atomic E-state index is 0.0172. The third kappa shape index (κ3) is 4.61. The zero-order valence-electron chi connectivity index (χ0n) is 18.0. The van der Waals surface area contributed by atoms with Gasteiger partial charge in [0.15, 0.2) is 11.6 Å². The van der Waals surface area contributed by atoms with Crippen LogP contribution in [0.1, 0.15) is 26.3 Å². The minimum Gasteiger partial charge on any atom is -0.465 e. The van der Waals surface area contributed by atoms with Crippen LogP contribution in [0, 0.1) is 17.5 Å². The lowest BCUT2D eigenvalue weighted by Gasteiger charge is -2.13. The first-order valence-corrected chi connectivity index (χ1v) is 10.4. The molecule has 0 saturated heterocycles. The van der Waals surface area contributed by atoms with Gasteiger partial charge in [0.2, 0.25) is 0 Å². The number of amides is 1. The lowest BCUT2D eigenvalue weighted by molar-refractivity contribution is -0.137. The number of carbonyl (C=O) groups excluding carboxylic acids is 2. The Morgan fingerprint density at radius 1 is 0.917 bits per heavy atom. The van der Waals surface area contributed by atoms with Gasteiger partial charge in [-0.15, -0.1) is 0 Å². The number of fused-ring (bicyclic) bond motifs is 1. The van der Waals surface area contributed by atoms with E-state index in [2.05, 4.69) is 10.1 Å². The first-order valence-electron chi connectivity index (χ1n) is 9.97. The molecule has 4 rings (SSSR count). The first-order chi connectivity index (χ1) is 16.9. The normalized spacial score (nSPS) is 11.6. The molecule has 0 saturated carbocycles. The maximum absolute atomic E-state index is 13.9. The molecule has 2 aromatic carbocycles. The number of halogens is 7. The van der Waals surface area contributed by atoms with Crippen molar-refractivity contribution in [3.05, 3.63) is 93.9 Å². The molecule has 0 atom stereocenters. The highest BCUT2D eigenvalue weighted by molar-refractivity contribution is 6.30. The molecule has 2 heterocycles. The van der Waals surface area contributed by atoms with Gasteiger partial charge in [0.05, 0.1) is 29.5 Å². The number of pyridine rings is 1. The van der Waals surface area contributed by atoms with E-state index in [1.807, 2.05) is 0 Å². The summed E-state index contributed by atoms with van der Waals surface area (Å²) in [5.74, 6) is -6.07. The molecule has 0 radical (unpaired) electrons. The number of esters is 1. The number of nitrogens with zero attached hydrogens (tertiary/aromatic N) is 1.